The molecule has 1 saturated heterocycles. The Bertz CT molecular complexity index is 1350. The van der Waals surface area contributed by atoms with Gasteiger partial charge in [0.05, 0.1) is 5.39 Å². The lowest BCUT2D eigenvalue weighted by Crippen LogP contribution is -2.38. The molecule has 2 N–H and O–H groups in total. The van der Waals surface area contributed by atoms with Crippen LogP contribution in [-0.4, -0.2) is 39.1 Å². The summed E-state index contributed by atoms with van der Waals surface area (Å²) in [6.45, 7) is 5.75. The van der Waals surface area contributed by atoms with E-state index in [2.05, 4.69) is 48.7 Å². The molecule has 164 valence electrons. The number of H-pyrrole nitrogens is 1. The van der Waals surface area contributed by atoms with Crippen molar-refractivity contribution in [2.75, 3.05) is 23.3 Å². The van der Waals surface area contributed by atoms with Gasteiger partial charge in [-0.1, -0.05) is 17.3 Å². The van der Waals surface area contributed by atoms with Gasteiger partial charge in [-0.25, -0.2) is 14.8 Å². The van der Waals surface area contributed by atoms with E-state index in [0.29, 0.717) is 17.1 Å². The molecule has 4 aromatic rings. The fourth-order valence-corrected chi connectivity index (χ4v) is 5.09. The summed E-state index contributed by atoms with van der Waals surface area (Å²) in [7, 11) is 0. The first-order valence-electron chi connectivity index (χ1n) is 10.4. The number of piperidine rings is 1. The maximum Gasteiger partial charge on any atom is 0.439 e. The molecule has 1 fully saturated rings. The molecule has 1 aliphatic heterocycles. The summed E-state index contributed by atoms with van der Waals surface area (Å²) in [5, 5.41) is 7.81. The first-order valence-corrected chi connectivity index (χ1v) is 11.2. The highest BCUT2D eigenvalue weighted by Crippen LogP contribution is 2.35. The Kier molecular flexibility index (Phi) is 5.22. The van der Waals surface area contributed by atoms with E-state index >= 15 is 0 Å². The minimum absolute atomic E-state index is 0.00848. The van der Waals surface area contributed by atoms with Crippen LogP contribution in [0, 0.1) is 19.8 Å². The van der Waals surface area contributed by atoms with E-state index in [1.165, 1.54) is 10.4 Å². The van der Waals surface area contributed by atoms with E-state index in [4.69, 9.17) is 0 Å². The van der Waals surface area contributed by atoms with Crippen LogP contribution in [0.1, 0.15) is 23.3 Å². The number of fused-ring (bicyclic) bond motifs is 1. The van der Waals surface area contributed by atoms with Crippen LogP contribution in [0.5, 0.6) is 0 Å². The molecule has 1 aliphatic rings. The van der Waals surface area contributed by atoms with Crippen molar-refractivity contribution < 1.29 is 9.32 Å². The average Bonchev–Trinajstić information content (AvgIpc) is 3.37. The minimum atomic E-state index is -0.616. The fraction of sp³-hybridized carbons (Fsp3) is 0.318. The highest BCUT2D eigenvalue weighted by Gasteiger charge is 2.27. The lowest BCUT2D eigenvalue weighted by Gasteiger charge is -2.32. The largest absolute Gasteiger partial charge is 0.439 e. The lowest BCUT2D eigenvalue weighted by molar-refractivity contribution is -0.120. The molecule has 0 bridgehead atoms. The predicted molar refractivity (Wildman–Crippen MR) is 123 cm³/mol. The fourth-order valence-electron chi connectivity index (χ4n) is 4.10. The predicted octanol–water partition coefficient (Wildman–Crippen LogP) is 3.51. The van der Waals surface area contributed by atoms with Gasteiger partial charge in [0.15, 0.2) is 5.82 Å². The second-order valence-electron chi connectivity index (χ2n) is 7.94. The number of hydrogen-bond donors (Lipinski definition) is 2. The van der Waals surface area contributed by atoms with Gasteiger partial charge in [-0.05, 0) is 44.4 Å². The van der Waals surface area contributed by atoms with Crippen molar-refractivity contribution in [1.82, 2.24) is 20.1 Å². The number of aromatic amines is 1. The average molecular weight is 451 g/mol. The Balaban J connectivity index is 1.26. The van der Waals surface area contributed by atoms with Gasteiger partial charge >= 0.3 is 5.76 Å². The second-order valence-corrected chi connectivity index (χ2v) is 9.14. The number of nitrogens with one attached hydrogen (secondary N) is 2. The smallest absolute Gasteiger partial charge is 0.356 e. The Hall–Kier alpha value is -3.53. The number of carbonyl (C=O) groups excluding carboxylic acids is 1. The molecular formula is C22H22N6O3S. The summed E-state index contributed by atoms with van der Waals surface area (Å²) < 4.78 is 4.56. The maximum absolute atomic E-state index is 12.9. The summed E-state index contributed by atoms with van der Waals surface area (Å²) in [4.78, 5) is 40.1. The van der Waals surface area contributed by atoms with Crippen LogP contribution < -0.4 is 16.0 Å². The van der Waals surface area contributed by atoms with E-state index in [1.54, 1.807) is 35.9 Å². The Morgan fingerprint density at radius 3 is 2.81 bits per heavy atom. The molecule has 0 unspecified atom stereocenters. The van der Waals surface area contributed by atoms with Crippen LogP contribution in [0.4, 0.5) is 11.5 Å². The van der Waals surface area contributed by atoms with Crippen molar-refractivity contribution in [3.05, 3.63) is 51.6 Å². The highest BCUT2D eigenvalue weighted by atomic mass is 32.1. The SMILES string of the molecule is Cc1sc2ncnc(N3CCC(C(=O)Nc4cccc(-c5noc(=O)[nH]5)c4)CC3)c2c1C. The third-order valence-corrected chi connectivity index (χ3v) is 7.07. The molecule has 1 amide bonds. The zero-order valence-corrected chi connectivity index (χ0v) is 18.5. The topological polar surface area (TPSA) is 117 Å². The van der Waals surface area contributed by atoms with Gasteiger partial charge in [-0.2, -0.15) is 0 Å². The molecule has 0 spiro atoms. The minimum Gasteiger partial charge on any atom is -0.356 e. The summed E-state index contributed by atoms with van der Waals surface area (Å²) in [5.41, 5.74) is 2.55. The lowest BCUT2D eigenvalue weighted by atomic mass is 9.95. The van der Waals surface area contributed by atoms with Crippen LogP contribution in [-0.2, 0) is 4.79 Å². The number of anilines is 2. The molecule has 3 aromatic heterocycles. The van der Waals surface area contributed by atoms with Gasteiger partial charge in [-0.3, -0.25) is 14.3 Å². The van der Waals surface area contributed by atoms with E-state index in [-0.39, 0.29) is 11.8 Å². The summed E-state index contributed by atoms with van der Waals surface area (Å²) in [5.74, 6) is 0.588. The number of hydrogen-bond acceptors (Lipinski definition) is 8. The van der Waals surface area contributed by atoms with E-state index < -0.39 is 5.76 Å². The Morgan fingerprint density at radius 2 is 2.06 bits per heavy atom. The van der Waals surface area contributed by atoms with Gasteiger partial charge in [0, 0.05) is 35.1 Å². The molecule has 0 aliphatic carbocycles. The van der Waals surface area contributed by atoms with Gasteiger partial charge in [-0.15, -0.1) is 11.3 Å². The zero-order valence-electron chi connectivity index (χ0n) is 17.7. The molecule has 5 rings (SSSR count). The van der Waals surface area contributed by atoms with Crippen molar-refractivity contribution in [3.8, 4) is 11.4 Å². The summed E-state index contributed by atoms with van der Waals surface area (Å²) in [6, 6.07) is 7.17. The number of amides is 1. The third kappa shape index (κ3) is 3.77. The Labute approximate surface area is 187 Å². The first kappa shape index (κ1) is 20.4. The van der Waals surface area contributed by atoms with Gasteiger partial charge in [0.25, 0.3) is 0 Å². The van der Waals surface area contributed by atoms with Crippen molar-refractivity contribution in [2.45, 2.75) is 26.7 Å². The molecule has 9 nitrogen and oxygen atoms in total. The molecule has 32 heavy (non-hydrogen) atoms. The van der Waals surface area contributed by atoms with Crippen molar-refractivity contribution in [2.24, 2.45) is 5.92 Å². The Morgan fingerprint density at radius 1 is 1.25 bits per heavy atom. The number of nitrogens with zero attached hydrogens (tertiary/aromatic N) is 4. The van der Waals surface area contributed by atoms with Gasteiger partial charge < -0.3 is 10.2 Å². The molecule has 0 atom stereocenters. The van der Waals surface area contributed by atoms with Crippen LogP contribution in [0.3, 0.4) is 0 Å². The molecule has 1 aromatic carbocycles. The number of thiophene rings is 1. The number of carbonyl (C=O) groups is 1. The van der Waals surface area contributed by atoms with Gasteiger partial charge in [0.2, 0.25) is 5.91 Å². The third-order valence-electron chi connectivity index (χ3n) is 5.95. The van der Waals surface area contributed by atoms with Gasteiger partial charge in [0.1, 0.15) is 17.0 Å². The standard InChI is InChI=1S/C22H22N6O3S/c1-12-13(2)32-21-17(12)19(23-11-24-21)28-8-6-14(7-9-28)20(29)25-16-5-3-4-15(10-16)18-26-22(30)31-27-18/h3-5,10-11,14H,6-9H2,1-2H3,(H,25,29)(H,26,27,30). The highest BCUT2D eigenvalue weighted by molar-refractivity contribution is 7.18. The normalized spacial score (nSPS) is 14.8. The number of benzene rings is 1. The van der Waals surface area contributed by atoms with Crippen molar-refractivity contribution in [3.63, 3.8) is 0 Å². The van der Waals surface area contributed by atoms with E-state index in [1.807, 2.05) is 6.07 Å². The quantitative estimate of drug-likeness (QED) is 0.489. The molecule has 0 radical (unpaired) electrons. The van der Waals surface area contributed by atoms with Crippen LogP contribution in [0.25, 0.3) is 21.6 Å². The van der Waals surface area contributed by atoms with E-state index in [0.717, 1.165) is 42.0 Å². The summed E-state index contributed by atoms with van der Waals surface area (Å²) >= 11 is 1.69. The summed E-state index contributed by atoms with van der Waals surface area (Å²) in [6.07, 6.45) is 3.12. The van der Waals surface area contributed by atoms with Crippen LogP contribution in [0.2, 0.25) is 0 Å². The number of rotatable bonds is 4. The molecule has 4 heterocycles. The first-order chi connectivity index (χ1) is 15.5. The zero-order chi connectivity index (χ0) is 22.2. The van der Waals surface area contributed by atoms with Crippen molar-refractivity contribution >= 4 is 39.0 Å². The molecular weight excluding hydrogens is 428 g/mol. The molecule has 10 heteroatoms. The number of aryl methyl sites for hydroxylation is 2. The second kappa shape index (κ2) is 8.19. The van der Waals surface area contributed by atoms with Crippen LogP contribution in [0.15, 0.2) is 39.9 Å². The number of aromatic nitrogens is 4. The monoisotopic (exact) mass is 450 g/mol. The maximum atomic E-state index is 12.9. The van der Waals surface area contributed by atoms with Crippen LogP contribution >= 0.6 is 11.3 Å². The molecule has 0 saturated carbocycles. The van der Waals surface area contributed by atoms with E-state index in [9.17, 15) is 9.59 Å². The van der Waals surface area contributed by atoms with Crippen molar-refractivity contribution in [1.29, 1.82) is 0 Å².